The normalized spacial score (nSPS) is 28.3. The highest BCUT2D eigenvalue weighted by molar-refractivity contribution is 4.98. The third-order valence-electron chi connectivity index (χ3n) is 3.36. The lowest BCUT2D eigenvalue weighted by molar-refractivity contribution is 0.0348. The van der Waals surface area contributed by atoms with Crippen molar-refractivity contribution in [3.8, 4) is 0 Å². The molecular formula is C12H25NO. The molecule has 1 saturated heterocycles. The van der Waals surface area contributed by atoms with Crippen LogP contribution in [-0.2, 0) is 4.74 Å². The lowest BCUT2D eigenvalue weighted by atomic mass is 9.87. The molecule has 1 unspecified atom stereocenters. The summed E-state index contributed by atoms with van der Waals surface area (Å²) < 4.78 is 5.47. The maximum absolute atomic E-state index is 5.47. The van der Waals surface area contributed by atoms with Gasteiger partial charge in [-0.3, -0.25) is 4.90 Å². The lowest BCUT2D eigenvalue weighted by Gasteiger charge is -2.45. The summed E-state index contributed by atoms with van der Waals surface area (Å²) in [6.45, 7) is 14.5. The predicted octanol–water partition coefficient (Wildman–Crippen LogP) is 2.67. The maximum Gasteiger partial charge on any atom is 0.0906 e. The molecule has 0 aromatic carbocycles. The highest BCUT2D eigenvalue weighted by Crippen LogP contribution is 2.38. The van der Waals surface area contributed by atoms with Crippen LogP contribution in [0.25, 0.3) is 0 Å². The van der Waals surface area contributed by atoms with Gasteiger partial charge in [0.2, 0.25) is 0 Å². The van der Waals surface area contributed by atoms with E-state index in [-0.39, 0.29) is 16.7 Å². The molecule has 0 N–H and O–H groups in total. The first-order valence-electron chi connectivity index (χ1n) is 5.45. The number of hydrogen-bond acceptors (Lipinski definition) is 2. The Balaban J connectivity index is 2.64. The molecular weight excluding hydrogens is 174 g/mol. The first-order valence-corrected chi connectivity index (χ1v) is 5.45. The van der Waals surface area contributed by atoms with Crippen LogP contribution in [0.1, 0.15) is 48.0 Å². The fraction of sp³-hybridized carbons (Fsp3) is 1.00. The van der Waals surface area contributed by atoms with Crippen LogP contribution < -0.4 is 0 Å². The van der Waals surface area contributed by atoms with Gasteiger partial charge in [-0.05, 0) is 55.0 Å². The van der Waals surface area contributed by atoms with Gasteiger partial charge in [0.25, 0.3) is 0 Å². The maximum atomic E-state index is 5.47. The first-order chi connectivity index (χ1) is 6.07. The molecule has 1 heterocycles. The van der Waals surface area contributed by atoms with Crippen molar-refractivity contribution in [3.63, 3.8) is 0 Å². The van der Waals surface area contributed by atoms with Crippen LogP contribution in [0.5, 0.6) is 0 Å². The van der Waals surface area contributed by atoms with Gasteiger partial charge < -0.3 is 4.74 Å². The largest absolute Gasteiger partial charge is 0.370 e. The molecule has 1 aliphatic rings. The summed E-state index contributed by atoms with van der Waals surface area (Å²) in [6, 6.07) is 0. The lowest BCUT2D eigenvalue weighted by Crippen LogP contribution is -2.53. The Hall–Kier alpha value is -0.0800. The van der Waals surface area contributed by atoms with Crippen LogP contribution in [0.4, 0.5) is 0 Å². The van der Waals surface area contributed by atoms with E-state index in [4.69, 9.17) is 4.74 Å². The molecule has 84 valence electrons. The van der Waals surface area contributed by atoms with E-state index in [0.717, 1.165) is 13.0 Å². The van der Waals surface area contributed by atoms with Crippen molar-refractivity contribution in [2.24, 2.45) is 0 Å². The van der Waals surface area contributed by atoms with Gasteiger partial charge >= 0.3 is 0 Å². The summed E-state index contributed by atoms with van der Waals surface area (Å²) in [6.07, 6.45) is 1.10. The van der Waals surface area contributed by atoms with E-state index in [2.05, 4.69) is 53.5 Å². The number of hydrogen-bond donors (Lipinski definition) is 0. The van der Waals surface area contributed by atoms with Crippen molar-refractivity contribution in [3.05, 3.63) is 0 Å². The highest BCUT2D eigenvalue weighted by Gasteiger charge is 2.46. The molecule has 0 saturated carbocycles. The van der Waals surface area contributed by atoms with E-state index < -0.39 is 0 Å². The summed E-state index contributed by atoms with van der Waals surface area (Å²) in [5, 5.41) is 0. The molecule has 0 aliphatic carbocycles. The van der Waals surface area contributed by atoms with Crippen LogP contribution in [0, 0.1) is 0 Å². The monoisotopic (exact) mass is 199 g/mol. The number of rotatable bonds is 3. The minimum atomic E-state index is 0.142. The molecule has 1 atom stereocenters. The fourth-order valence-electron chi connectivity index (χ4n) is 2.17. The molecule has 2 nitrogen and oxygen atoms in total. The summed E-state index contributed by atoms with van der Waals surface area (Å²) in [7, 11) is 2.20. The molecule has 0 aromatic heterocycles. The Kier molecular flexibility index (Phi) is 2.75. The Morgan fingerprint density at radius 2 is 1.64 bits per heavy atom. The average molecular weight is 199 g/mol. The predicted molar refractivity (Wildman–Crippen MR) is 60.6 cm³/mol. The van der Waals surface area contributed by atoms with E-state index in [9.17, 15) is 0 Å². The average Bonchev–Trinajstić information content (AvgIpc) is 2.62. The standard InChI is InChI=1S/C12H25NO/c1-10(2,3)13(7)11(4,5)8-12(6)9-14-12/h8-9H2,1-7H3. The minimum Gasteiger partial charge on any atom is -0.370 e. The van der Waals surface area contributed by atoms with Crippen LogP contribution in [0.3, 0.4) is 0 Å². The molecule has 0 aromatic rings. The Morgan fingerprint density at radius 3 is 1.93 bits per heavy atom. The Labute approximate surface area is 88.6 Å². The van der Waals surface area contributed by atoms with Crippen LogP contribution >= 0.6 is 0 Å². The van der Waals surface area contributed by atoms with E-state index in [1.807, 2.05) is 0 Å². The highest BCUT2D eigenvalue weighted by atomic mass is 16.6. The third-order valence-corrected chi connectivity index (χ3v) is 3.36. The molecule has 1 rings (SSSR count). The van der Waals surface area contributed by atoms with E-state index in [1.165, 1.54) is 0 Å². The van der Waals surface area contributed by atoms with E-state index in [0.29, 0.717) is 0 Å². The van der Waals surface area contributed by atoms with Crippen molar-refractivity contribution < 1.29 is 4.74 Å². The van der Waals surface area contributed by atoms with Crippen LogP contribution in [0.2, 0.25) is 0 Å². The molecule has 0 radical (unpaired) electrons. The van der Waals surface area contributed by atoms with Crippen molar-refractivity contribution in [1.82, 2.24) is 4.90 Å². The van der Waals surface area contributed by atoms with Crippen molar-refractivity contribution in [2.45, 2.75) is 64.6 Å². The Morgan fingerprint density at radius 1 is 1.21 bits per heavy atom. The molecule has 2 heteroatoms. The van der Waals surface area contributed by atoms with Gasteiger partial charge in [0, 0.05) is 11.1 Å². The number of epoxide rings is 1. The zero-order valence-corrected chi connectivity index (χ0v) is 10.8. The molecule has 1 aliphatic heterocycles. The molecule has 1 fully saturated rings. The second kappa shape index (κ2) is 3.21. The van der Waals surface area contributed by atoms with Gasteiger partial charge in [-0.25, -0.2) is 0 Å². The zero-order chi connectivity index (χ0) is 11.2. The molecule has 0 spiro atoms. The Bertz CT molecular complexity index is 211. The summed E-state index contributed by atoms with van der Waals surface area (Å²) in [4.78, 5) is 2.44. The van der Waals surface area contributed by atoms with Crippen LogP contribution in [0.15, 0.2) is 0 Å². The van der Waals surface area contributed by atoms with Gasteiger partial charge in [-0.15, -0.1) is 0 Å². The second-order valence-corrected chi connectivity index (χ2v) is 6.46. The van der Waals surface area contributed by atoms with Crippen molar-refractivity contribution >= 4 is 0 Å². The summed E-state index contributed by atoms with van der Waals surface area (Å²) in [5.41, 5.74) is 0.557. The van der Waals surface area contributed by atoms with Crippen LogP contribution in [-0.4, -0.2) is 35.2 Å². The third kappa shape index (κ3) is 2.71. The number of ether oxygens (including phenoxy) is 1. The van der Waals surface area contributed by atoms with Crippen molar-refractivity contribution in [2.75, 3.05) is 13.7 Å². The SMILES string of the molecule is CN(C(C)(C)C)C(C)(C)CC1(C)CO1. The summed E-state index contributed by atoms with van der Waals surface area (Å²) >= 11 is 0. The van der Waals surface area contributed by atoms with Gasteiger partial charge in [-0.2, -0.15) is 0 Å². The minimum absolute atomic E-state index is 0.142. The fourth-order valence-corrected chi connectivity index (χ4v) is 2.17. The summed E-state index contributed by atoms with van der Waals surface area (Å²) in [5.74, 6) is 0. The zero-order valence-electron chi connectivity index (χ0n) is 10.8. The molecule has 14 heavy (non-hydrogen) atoms. The molecule has 0 amide bonds. The first kappa shape index (κ1) is 12.0. The van der Waals surface area contributed by atoms with E-state index >= 15 is 0 Å². The topological polar surface area (TPSA) is 15.8 Å². The van der Waals surface area contributed by atoms with E-state index in [1.54, 1.807) is 0 Å². The van der Waals surface area contributed by atoms with Gasteiger partial charge in [-0.1, -0.05) is 0 Å². The van der Waals surface area contributed by atoms with Crippen molar-refractivity contribution in [1.29, 1.82) is 0 Å². The van der Waals surface area contributed by atoms with Gasteiger partial charge in [0.05, 0.1) is 12.2 Å². The number of nitrogens with zero attached hydrogens (tertiary/aromatic N) is 1. The molecule has 0 bridgehead atoms. The van der Waals surface area contributed by atoms with Gasteiger partial charge in [0.15, 0.2) is 0 Å². The smallest absolute Gasteiger partial charge is 0.0906 e. The second-order valence-electron chi connectivity index (χ2n) is 6.46. The quantitative estimate of drug-likeness (QED) is 0.649. The van der Waals surface area contributed by atoms with Gasteiger partial charge in [0.1, 0.15) is 0 Å².